The van der Waals surface area contributed by atoms with Gasteiger partial charge >= 0.3 is 0 Å². The minimum atomic E-state index is -3.50. The molecule has 0 radical (unpaired) electrons. The molecule has 0 bridgehead atoms. The lowest BCUT2D eigenvalue weighted by Crippen LogP contribution is -2.34. The lowest BCUT2D eigenvalue weighted by Gasteiger charge is -2.24. The van der Waals surface area contributed by atoms with Crippen LogP contribution in [0.25, 0.3) is 0 Å². The molecule has 0 aliphatic heterocycles. The summed E-state index contributed by atoms with van der Waals surface area (Å²) in [6, 6.07) is 3.18. The minimum Gasteiger partial charge on any atom is -0.325 e. The first-order chi connectivity index (χ1) is 9.80. The summed E-state index contributed by atoms with van der Waals surface area (Å²) in [7, 11) is -3.50. The second-order valence-electron chi connectivity index (χ2n) is 6.14. The third-order valence-corrected chi connectivity index (χ3v) is 4.90. The van der Waals surface area contributed by atoms with E-state index in [1.165, 1.54) is 19.0 Å². The highest BCUT2D eigenvalue weighted by atomic mass is 32.2. The van der Waals surface area contributed by atoms with Crippen molar-refractivity contribution in [2.24, 2.45) is 11.1 Å². The molecular formula is C15H27N3O2S. The Balaban J connectivity index is 2.63. The second-order valence-corrected chi connectivity index (χ2v) is 7.90. The van der Waals surface area contributed by atoms with Gasteiger partial charge in [-0.25, -0.2) is 13.1 Å². The number of pyridine rings is 1. The van der Waals surface area contributed by atoms with Gasteiger partial charge < -0.3 is 5.73 Å². The number of hydrogen-bond acceptors (Lipinski definition) is 4. The largest absolute Gasteiger partial charge is 0.325 e. The minimum absolute atomic E-state index is 0.0487. The fourth-order valence-corrected chi connectivity index (χ4v) is 3.19. The van der Waals surface area contributed by atoms with Gasteiger partial charge in [-0.05, 0) is 24.0 Å². The molecule has 0 aromatic carbocycles. The lowest BCUT2D eigenvalue weighted by atomic mass is 9.87. The van der Waals surface area contributed by atoms with Gasteiger partial charge in [0.25, 0.3) is 0 Å². The Bertz CT molecular complexity index is 524. The van der Waals surface area contributed by atoms with E-state index in [0.29, 0.717) is 18.8 Å². The highest BCUT2D eigenvalue weighted by molar-refractivity contribution is 7.89. The summed E-state index contributed by atoms with van der Waals surface area (Å²) in [5.74, 6) is 0. The van der Waals surface area contributed by atoms with Crippen LogP contribution >= 0.6 is 0 Å². The van der Waals surface area contributed by atoms with Crippen LogP contribution in [0.1, 0.15) is 52.1 Å². The molecule has 1 rings (SSSR count). The summed E-state index contributed by atoms with van der Waals surface area (Å²) in [5.41, 5.74) is 6.08. The van der Waals surface area contributed by atoms with E-state index in [4.69, 9.17) is 5.73 Å². The molecule has 120 valence electrons. The average molecular weight is 313 g/mol. The van der Waals surface area contributed by atoms with Crippen LogP contribution in [-0.4, -0.2) is 19.9 Å². The van der Waals surface area contributed by atoms with Gasteiger partial charge in [0.15, 0.2) is 0 Å². The Morgan fingerprint density at radius 3 is 2.52 bits per heavy atom. The van der Waals surface area contributed by atoms with Gasteiger partial charge in [0.1, 0.15) is 4.90 Å². The van der Waals surface area contributed by atoms with Crippen molar-refractivity contribution in [2.45, 2.75) is 57.9 Å². The van der Waals surface area contributed by atoms with Gasteiger partial charge in [0, 0.05) is 19.3 Å². The Kier molecular flexibility index (Phi) is 6.77. The van der Waals surface area contributed by atoms with Crippen LogP contribution in [0, 0.1) is 5.41 Å². The van der Waals surface area contributed by atoms with E-state index in [0.717, 1.165) is 12.8 Å². The summed E-state index contributed by atoms with van der Waals surface area (Å²) in [4.78, 5) is 4.21. The zero-order valence-electron chi connectivity index (χ0n) is 13.2. The second kappa shape index (κ2) is 7.87. The SMILES string of the molecule is CCCCCC(C)(C)CNS(=O)(=O)c1ccc(CN)nc1. The van der Waals surface area contributed by atoms with Crippen molar-refractivity contribution in [3.8, 4) is 0 Å². The van der Waals surface area contributed by atoms with Crippen molar-refractivity contribution in [2.75, 3.05) is 6.54 Å². The van der Waals surface area contributed by atoms with Crippen molar-refractivity contribution in [1.29, 1.82) is 0 Å². The fraction of sp³-hybridized carbons (Fsp3) is 0.667. The highest BCUT2D eigenvalue weighted by Gasteiger charge is 2.22. The third-order valence-electron chi connectivity index (χ3n) is 3.51. The van der Waals surface area contributed by atoms with Crippen molar-refractivity contribution in [3.05, 3.63) is 24.0 Å². The molecule has 0 spiro atoms. The number of hydrogen-bond donors (Lipinski definition) is 2. The molecular weight excluding hydrogens is 286 g/mol. The van der Waals surface area contributed by atoms with E-state index in [2.05, 4.69) is 30.5 Å². The summed E-state index contributed by atoms with van der Waals surface area (Å²) in [6.45, 7) is 7.06. The molecule has 1 aromatic heterocycles. The van der Waals surface area contributed by atoms with Gasteiger partial charge in [0.05, 0.1) is 5.69 Å². The predicted octanol–water partition coefficient (Wildman–Crippen LogP) is 2.43. The standard InChI is InChI=1S/C15H27N3O2S/c1-4-5-6-9-15(2,3)12-18-21(19,20)14-8-7-13(10-16)17-11-14/h7-8,11,18H,4-6,9-10,12,16H2,1-3H3. The molecule has 0 amide bonds. The monoisotopic (exact) mass is 313 g/mol. The maximum Gasteiger partial charge on any atom is 0.242 e. The molecule has 0 fully saturated rings. The van der Waals surface area contributed by atoms with E-state index < -0.39 is 10.0 Å². The number of nitrogens with two attached hydrogens (primary N) is 1. The fourth-order valence-electron chi connectivity index (χ4n) is 2.01. The van der Waals surface area contributed by atoms with Crippen LogP contribution in [-0.2, 0) is 16.6 Å². The smallest absolute Gasteiger partial charge is 0.242 e. The van der Waals surface area contributed by atoms with Gasteiger partial charge in [-0.1, -0.05) is 40.0 Å². The molecule has 0 saturated carbocycles. The van der Waals surface area contributed by atoms with Crippen LogP contribution < -0.4 is 10.5 Å². The number of rotatable bonds is 9. The van der Waals surface area contributed by atoms with E-state index >= 15 is 0 Å². The quantitative estimate of drug-likeness (QED) is 0.686. The number of nitrogens with one attached hydrogen (secondary N) is 1. The van der Waals surface area contributed by atoms with E-state index in [9.17, 15) is 8.42 Å². The first-order valence-corrected chi connectivity index (χ1v) is 8.94. The summed E-state index contributed by atoms with van der Waals surface area (Å²) < 4.78 is 27.1. The van der Waals surface area contributed by atoms with Gasteiger partial charge in [-0.15, -0.1) is 0 Å². The zero-order valence-corrected chi connectivity index (χ0v) is 14.0. The molecule has 0 aliphatic carbocycles. The summed E-state index contributed by atoms with van der Waals surface area (Å²) in [6.07, 6.45) is 5.84. The number of aromatic nitrogens is 1. The number of sulfonamides is 1. The molecule has 5 nitrogen and oxygen atoms in total. The molecule has 0 aliphatic rings. The lowest BCUT2D eigenvalue weighted by molar-refractivity contribution is 0.320. The molecule has 21 heavy (non-hydrogen) atoms. The van der Waals surface area contributed by atoms with Gasteiger partial charge in [-0.2, -0.15) is 0 Å². The van der Waals surface area contributed by atoms with Gasteiger partial charge in [-0.3, -0.25) is 4.98 Å². The molecule has 1 heterocycles. The van der Waals surface area contributed by atoms with Crippen LogP contribution in [0.5, 0.6) is 0 Å². The Morgan fingerprint density at radius 2 is 2.00 bits per heavy atom. The van der Waals surface area contributed by atoms with Gasteiger partial charge in [0.2, 0.25) is 10.0 Å². The van der Waals surface area contributed by atoms with E-state index in [1.54, 1.807) is 12.1 Å². The van der Waals surface area contributed by atoms with Crippen LogP contribution in [0.4, 0.5) is 0 Å². The maximum atomic E-state index is 12.2. The van der Waals surface area contributed by atoms with E-state index in [-0.39, 0.29) is 10.3 Å². The van der Waals surface area contributed by atoms with Crippen LogP contribution in [0.2, 0.25) is 0 Å². The van der Waals surface area contributed by atoms with Crippen molar-refractivity contribution < 1.29 is 8.42 Å². The normalized spacial score (nSPS) is 12.6. The molecule has 0 unspecified atom stereocenters. The predicted molar refractivity (Wildman–Crippen MR) is 85.2 cm³/mol. The molecule has 0 atom stereocenters. The van der Waals surface area contributed by atoms with Crippen LogP contribution in [0.3, 0.4) is 0 Å². The topological polar surface area (TPSA) is 85.1 Å². The third kappa shape index (κ3) is 6.11. The summed E-state index contributed by atoms with van der Waals surface area (Å²) in [5, 5.41) is 0. The Hall–Kier alpha value is -0.980. The first kappa shape index (κ1) is 18.1. The van der Waals surface area contributed by atoms with Crippen molar-refractivity contribution in [3.63, 3.8) is 0 Å². The first-order valence-electron chi connectivity index (χ1n) is 7.45. The Morgan fingerprint density at radius 1 is 1.29 bits per heavy atom. The molecule has 3 N–H and O–H groups in total. The Labute approximate surface area is 128 Å². The van der Waals surface area contributed by atoms with Crippen LogP contribution in [0.15, 0.2) is 23.2 Å². The summed E-state index contributed by atoms with van der Waals surface area (Å²) >= 11 is 0. The average Bonchev–Trinajstić information content (AvgIpc) is 2.46. The molecule has 0 saturated heterocycles. The highest BCUT2D eigenvalue weighted by Crippen LogP contribution is 2.23. The maximum absolute atomic E-state index is 12.2. The van der Waals surface area contributed by atoms with Crippen molar-refractivity contribution >= 4 is 10.0 Å². The number of unbranched alkanes of at least 4 members (excludes halogenated alkanes) is 2. The molecule has 6 heteroatoms. The number of nitrogens with zero attached hydrogens (tertiary/aromatic N) is 1. The van der Waals surface area contributed by atoms with E-state index in [1.807, 2.05) is 0 Å². The van der Waals surface area contributed by atoms with Crippen molar-refractivity contribution in [1.82, 2.24) is 9.71 Å². The molecule has 1 aromatic rings. The zero-order chi connectivity index (χ0) is 15.9.